The molecule has 0 atom stereocenters. The highest BCUT2D eigenvalue weighted by molar-refractivity contribution is 5.78. The Morgan fingerprint density at radius 1 is 1.21 bits per heavy atom. The monoisotopic (exact) mass is 259 g/mol. The zero-order valence-electron chi connectivity index (χ0n) is 11.9. The molecule has 0 saturated heterocycles. The fourth-order valence-corrected chi connectivity index (χ4v) is 2.55. The highest BCUT2D eigenvalue weighted by Crippen LogP contribution is 2.20. The van der Waals surface area contributed by atoms with Crippen molar-refractivity contribution in [2.24, 2.45) is 10.7 Å². The molecule has 104 valence electrons. The number of aliphatic imine (C=N–C) groups is 1. The number of rotatable bonds is 4. The van der Waals surface area contributed by atoms with E-state index < -0.39 is 0 Å². The summed E-state index contributed by atoms with van der Waals surface area (Å²) in [6, 6.07) is 11.0. The Hall–Kier alpha value is -1.51. The van der Waals surface area contributed by atoms with Crippen molar-refractivity contribution in [1.29, 1.82) is 0 Å². The normalized spacial score (nSPS) is 17.4. The van der Waals surface area contributed by atoms with Gasteiger partial charge in [0.25, 0.3) is 0 Å². The predicted octanol–water partition coefficient (Wildman–Crippen LogP) is 2.81. The Morgan fingerprint density at radius 3 is 2.58 bits per heavy atom. The van der Waals surface area contributed by atoms with Gasteiger partial charge in [-0.3, -0.25) is 0 Å². The molecule has 0 heterocycles. The third kappa shape index (κ3) is 4.58. The molecule has 2 N–H and O–H groups in total. The SMILES string of the molecule is CN(CCc1ccccc1)C(N)=NC1CCCCC1. The zero-order chi connectivity index (χ0) is 13.5. The molecule has 2 rings (SSSR count). The van der Waals surface area contributed by atoms with Crippen LogP contribution in [0.3, 0.4) is 0 Å². The number of hydrogen-bond acceptors (Lipinski definition) is 1. The molecule has 0 bridgehead atoms. The van der Waals surface area contributed by atoms with Gasteiger partial charge in [0.1, 0.15) is 0 Å². The van der Waals surface area contributed by atoms with Crippen LogP contribution in [0.25, 0.3) is 0 Å². The van der Waals surface area contributed by atoms with Crippen LogP contribution in [-0.4, -0.2) is 30.5 Å². The molecule has 1 aliphatic carbocycles. The lowest BCUT2D eigenvalue weighted by atomic mass is 9.96. The maximum absolute atomic E-state index is 6.09. The molecule has 0 aliphatic heterocycles. The number of nitrogens with two attached hydrogens (primary N) is 1. The largest absolute Gasteiger partial charge is 0.370 e. The number of guanidine groups is 1. The summed E-state index contributed by atoms with van der Waals surface area (Å²) in [5, 5.41) is 0. The van der Waals surface area contributed by atoms with E-state index >= 15 is 0 Å². The summed E-state index contributed by atoms with van der Waals surface area (Å²) in [4.78, 5) is 6.74. The average molecular weight is 259 g/mol. The van der Waals surface area contributed by atoms with Crippen molar-refractivity contribution in [2.75, 3.05) is 13.6 Å². The fraction of sp³-hybridized carbons (Fsp3) is 0.562. The Kier molecular flexibility index (Phi) is 5.25. The molecule has 3 heteroatoms. The molecule has 0 spiro atoms. The van der Waals surface area contributed by atoms with Gasteiger partial charge >= 0.3 is 0 Å². The molecule has 0 amide bonds. The van der Waals surface area contributed by atoms with Crippen molar-refractivity contribution < 1.29 is 0 Å². The van der Waals surface area contributed by atoms with Crippen molar-refractivity contribution in [2.45, 2.75) is 44.6 Å². The summed E-state index contributed by atoms with van der Waals surface area (Å²) in [6.45, 7) is 0.923. The number of hydrogen-bond donors (Lipinski definition) is 1. The highest BCUT2D eigenvalue weighted by atomic mass is 15.2. The maximum Gasteiger partial charge on any atom is 0.191 e. The molecule has 3 nitrogen and oxygen atoms in total. The van der Waals surface area contributed by atoms with E-state index in [0.717, 1.165) is 13.0 Å². The minimum absolute atomic E-state index is 0.452. The van der Waals surface area contributed by atoms with Gasteiger partial charge < -0.3 is 10.6 Å². The average Bonchev–Trinajstić information content (AvgIpc) is 2.47. The zero-order valence-corrected chi connectivity index (χ0v) is 11.9. The van der Waals surface area contributed by atoms with E-state index in [0.29, 0.717) is 12.0 Å². The molecule has 1 fully saturated rings. The Bertz CT molecular complexity index is 394. The van der Waals surface area contributed by atoms with Crippen molar-refractivity contribution >= 4 is 5.96 Å². The number of benzene rings is 1. The number of likely N-dealkylation sites (N-methyl/N-ethyl adjacent to an activating group) is 1. The van der Waals surface area contributed by atoms with Gasteiger partial charge in [-0.15, -0.1) is 0 Å². The van der Waals surface area contributed by atoms with Gasteiger partial charge in [-0.1, -0.05) is 49.6 Å². The van der Waals surface area contributed by atoms with Gasteiger partial charge in [0.15, 0.2) is 5.96 Å². The molecule has 0 aromatic heterocycles. The summed E-state index contributed by atoms with van der Waals surface area (Å²) in [6.07, 6.45) is 7.37. The van der Waals surface area contributed by atoms with Crippen molar-refractivity contribution in [3.8, 4) is 0 Å². The molecule has 1 aromatic carbocycles. The van der Waals surface area contributed by atoms with Crippen LogP contribution in [-0.2, 0) is 6.42 Å². The van der Waals surface area contributed by atoms with Crippen LogP contribution in [0.5, 0.6) is 0 Å². The van der Waals surface area contributed by atoms with Crippen LogP contribution in [0.2, 0.25) is 0 Å². The third-order valence-electron chi connectivity index (χ3n) is 3.86. The summed E-state index contributed by atoms with van der Waals surface area (Å²) in [5.74, 6) is 0.697. The molecule has 0 radical (unpaired) electrons. The first kappa shape index (κ1) is 13.9. The maximum atomic E-state index is 6.09. The number of nitrogens with zero attached hydrogens (tertiary/aromatic N) is 2. The van der Waals surface area contributed by atoms with Gasteiger partial charge in [-0.05, 0) is 24.8 Å². The quantitative estimate of drug-likeness (QED) is 0.667. The lowest BCUT2D eigenvalue weighted by Gasteiger charge is -2.22. The predicted molar refractivity (Wildman–Crippen MR) is 81.3 cm³/mol. The van der Waals surface area contributed by atoms with Gasteiger partial charge in [0, 0.05) is 13.6 Å². The summed E-state index contributed by atoms with van der Waals surface area (Å²) in [5.41, 5.74) is 7.44. The van der Waals surface area contributed by atoms with E-state index in [1.807, 2.05) is 13.1 Å². The Morgan fingerprint density at radius 2 is 1.89 bits per heavy atom. The second kappa shape index (κ2) is 7.17. The first-order valence-corrected chi connectivity index (χ1v) is 7.34. The van der Waals surface area contributed by atoms with Crippen LogP contribution in [0.15, 0.2) is 35.3 Å². The van der Waals surface area contributed by atoms with E-state index in [9.17, 15) is 0 Å². The smallest absolute Gasteiger partial charge is 0.191 e. The van der Waals surface area contributed by atoms with E-state index in [1.54, 1.807) is 0 Å². The van der Waals surface area contributed by atoms with Crippen molar-refractivity contribution in [1.82, 2.24) is 4.90 Å². The molecule has 1 aliphatic rings. The van der Waals surface area contributed by atoms with Gasteiger partial charge in [0.05, 0.1) is 6.04 Å². The van der Waals surface area contributed by atoms with Crippen molar-refractivity contribution in [3.63, 3.8) is 0 Å². The standard InChI is InChI=1S/C16H25N3/c1-19(13-12-14-8-4-2-5-9-14)16(17)18-15-10-6-3-7-11-15/h2,4-5,8-9,15H,3,6-7,10-13H2,1H3,(H2,17,18). The second-order valence-electron chi connectivity index (χ2n) is 5.44. The second-order valence-corrected chi connectivity index (χ2v) is 5.44. The Balaban J connectivity index is 1.81. The fourth-order valence-electron chi connectivity index (χ4n) is 2.55. The highest BCUT2D eigenvalue weighted by Gasteiger charge is 2.13. The van der Waals surface area contributed by atoms with Crippen LogP contribution >= 0.6 is 0 Å². The molecule has 0 unspecified atom stereocenters. The lowest BCUT2D eigenvalue weighted by Crippen LogP contribution is -2.36. The first-order chi connectivity index (χ1) is 9.25. The van der Waals surface area contributed by atoms with Gasteiger partial charge in [-0.25, -0.2) is 4.99 Å². The summed E-state index contributed by atoms with van der Waals surface area (Å²) < 4.78 is 0. The lowest BCUT2D eigenvalue weighted by molar-refractivity contribution is 0.430. The third-order valence-corrected chi connectivity index (χ3v) is 3.86. The van der Waals surface area contributed by atoms with Crippen molar-refractivity contribution in [3.05, 3.63) is 35.9 Å². The first-order valence-electron chi connectivity index (χ1n) is 7.34. The molecule has 1 aromatic rings. The summed E-state index contributed by atoms with van der Waals surface area (Å²) in [7, 11) is 2.03. The van der Waals surface area contributed by atoms with E-state index in [-0.39, 0.29) is 0 Å². The molecular formula is C16H25N3. The van der Waals surface area contributed by atoms with Gasteiger partial charge in [0.2, 0.25) is 0 Å². The molecule has 19 heavy (non-hydrogen) atoms. The Labute approximate surface area is 116 Å². The van der Waals surface area contributed by atoms with Crippen LogP contribution in [0.4, 0.5) is 0 Å². The van der Waals surface area contributed by atoms with E-state index in [1.165, 1.54) is 37.7 Å². The van der Waals surface area contributed by atoms with Crippen LogP contribution in [0, 0.1) is 0 Å². The summed E-state index contributed by atoms with van der Waals surface area (Å²) >= 11 is 0. The molecule has 1 saturated carbocycles. The minimum atomic E-state index is 0.452. The topological polar surface area (TPSA) is 41.6 Å². The molecular weight excluding hydrogens is 234 g/mol. The van der Waals surface area contributed by atoms with Crippen LogP contribution < -0.4 is 5.73 Å². The minimum Gasteiger partial charge on any atom is -0.370 e. The van der Waals surface area contributed by atoms with Gasteiger partial charge in [-0.2, -0.15) is 0 Å². The van der Waals surface area contributed by atoms with Crippen LogP contribution in [0.1, 0.15) is 37.7 Å². The van der Waals surface area contributed by atoms with E-state index in [2.05, 4.69) is 34.2 Å². The van der Waals surface area contributed by atoms with E-state index in [4.69, 9.17) is 5.73 Å².